The molecule has 0 spiro atoms. The molecule has 15 heavy (non-hydrogen) atoms. The molecule has 0 aromatic carbocycles. The van der Waals surface area contributed by atoms with Crippen molar-refractivity contribution in [1.29, 1.82) is 5.26 Å². The molecule has 0 rings (SSSR count). The molecule has 0 radical (unpaired) electrons. The average molecular weight is 210 g/mol. The monoisotopic (exact) mass is 210 g/mol. The molecule has 3 atom stereocenters. The predicted molar refractivity (Wildman–Crippen MR) is 61.1 cm³/mol. The summed E-state index contributed by atoms with van der Waals surface area (Å²) in [5.74, 6) is -0.149. The van der Waals surface area contributed by atoms with Gasteiger partial charge < -0.3 is 5.32 Å². The van der Waals surface area contributed by atoms with Gasteiger partial charge in [0.05, 0.1) is 6.07 Å². The Bertz CT molecular complexity index is 232. The van der Waals surface area contributed by atoms with Gasteiger partial charge in [-0.05, 0) is 19.3 Å². The summed E-state index contributed by atoms with van der Waals surface area (Å²) in [6.07, 6.45) is 2.55. The van der Waals surface area contributed by atoms with Crippen LogP contribution in [0.3, 0.4) is 0 Å². The van der Waals surface area contributed by atoms with E-state index in [1.165, 1.54) is 0 Å². The number of amides is 1. The standard InChI is InChI=1S/C12H22N2O/c1-5-7-11(8-13)12(15)14-10(4)9(3)6-2/h9-11H,5-7H2,1-4H3,(H,14,15). The number of nitrogens with one attached hydrogen (secondary N) is 1. The average Bonchev–Trinajstić information content (AvgIpc) is 2.24. The summed E-state index contributed by atoms with van der Waals surface area (Å²) in [5, 5.41) is 11.7. The van der Waals surface area contributed by atoms with E-state index in [4.69, 9.17) is 5.26 Å². The maximum absolute atomic E-state index is 11.7. The van der Waals surface area contributed by atoms with E-state index in [1.807, 2.05) is 13.8 Å². The van der Waals surface area contributed by atoms with Gasteiger partial charge in [0.1, 0.15) is 5.92 Å². The highest BCUT2D eigenvalue weighted by Crippen LogP contribution is 2.10. The first-order chi connectivity index (χ1) is 7.06. The topological polar surface area (TPSA) is 52.9 Å². The highest BCUT2D eigenvalue weighted by Gasteiger charge is 2.20. The summed E-state index contributed by atoms with van der Waals surface area (Å²) >= 11 is 0. The predicted octanol–water partition coefficient (Wildman–Crippen LogP) is 2.48. The Balaban J connectivity index is 4.17. The van der Waals surface area contributed by atoms with Crippen molar-refractivity contribution in [2.24, 2.45) is 11.8 Å². The van der Waals surface area contributed by atoms with Gasteiger partial charge in [0.2, 0.25) is 5.91 Å². The van der Waals surface area contributed by atoms with Gasteiger partial charge in [0.25, 0.3) is 0 Å². The quantitative estimate of drug-likeness (QED) is 0.732. The SMILES string of the molecule is CCCC(C#N)C(=O)NC(C)C(C)CC. The zero-order chi connectivity index (χ0) is 11.8. The molecule has 0 saturated heterocycles. The van der Waals surface area contributed by atoms with Crippen LogP contribution >= 0.6 is 0 Å². The third kappa shape index (κ3) is 4.83. The molecule has 0 aromatic rings. The normalized spacial score (nSPS) is 16.2. The van der Waals surface area contributed by atoms with Crippen LogP contribution in [0, 0.1) is 23.2 Å². The van der Waals surface area contributed by atoms with Gasteiger partial charge in [-0.3, -0.25) is 4.79 Å². The Hall–Kier alpha value is -1.04. The van der Waals surface area contributed by atoms with Gasteiger partial charge in [0.15, 0.2) is 0 Å². The highest BCUT2D eigenvalue weighted by atomic mass is 16.1. The Kier molecular flexibility index (Phi) is 6.77. The molecular formula is C12H22N2O. The number of carbonyl (C=O) groups is 1. The van der Waals surface area contributed by atoms with E-state index in [2.05, 4.69) is 25.2 Å². The maximum atomic E-state index is 11.7. The van der Waals surface area contributed by atoms with Crippen LogP contribution in [0.15, 0.2) is 0 Å². The lowest BCUT2D eigenvalue weighted by molar-refractivity contribution is -0.124. The second-order valence-corrected chi connectivity index (χ2v) is 4.15. The minimum absolute atomic E-state index is 0.118. The lowest BCUT2D eigenvalue weighted by Crippen LogP contribution is -2.40. The number of hydrogen-bond acceptors (Lipinski definition) is 2. The Morgan fingerprint density at radius 2 is 2.00 bits per heavy atom. The van der Waals surface area contributed by atoms with Crippen LogP contribution in [0.4, 0.5) is 0 Å². The van der Waals surface area contributed by atoms with Crippen molar-refractivity contribution in [2.75, 3.05) is 0 Å². The minimum atomic E-state index is -0.485. The summed E-state index contributed by atoms with van der Waals surface area (Å²) in [6.45, 7) is 8.18. The van der Waals surface area contributed by atoms with Crippen molar-refractivity contribution in [3.05, 3.63) is 0 Å². The van der Waals surface area contributed by atoms with E-state index in [9.17, 15) is 4.79 Å². The Labute approximate surface area is 92.9 Å². The fourth-order valence-electron chi connectivity index (χ4n) is 1.36. The zero-order valence-corrected chi connectivity index (χ0v) is 10.2. The third-order valence-corrected chi connectivity index (χ3v) is 2.92. The number of rotatable bonds is 6. The van der Waals surface area contributed by atoms with Gasteiger partial charge in [-0.15, -0.1) is 0 Å². The third-order valence-electron chi connectivity index (χ3n) is 2.92. The molecule has 0 aromatic heterocycles. The lowest BCUT2D eigenvalue weighted by atomic mass is 9.99. The first kappa shape index (κ1) is 14.0. The van der Waals surface area contributed by atoms with Crippen molar-refractivity contribution in [3.63, 3.8) is 0 Å². The van der Waals surface area contributed by atoms with Crippen molar-refractivity contribution in [2.45, 2.75) is 53.0 Å². The number of hydrogen-bond donors (Lipinski definition) is 1. The molecule has 0 aliphatic carbocycles. The fraction of sp³-hybridized carbons (Fsp3) is 0.833. The molecule has 3 nitrogen and oxygen atoms in total. The van der Waals surface area contributed by atoms with Gasteiger partial charge in [-0.2, -0.15) is 5.26 Å². The van der Waals surface area contributed by atoms with E-state index in [1.54, 1.807) is 0 Å². The van der Waals surface area contributed by atoms with Gasteiger partial charge in [0, 0.05) is 6.04 Å². The van der Waals surface area contributed by atoms with Crippen LogP contribution < -0.4 is 5.32 Å². The number of nitrogens with zero attached hydrogens (tertiary/aromatic N) is 1. The van der Waals surface area contributed by atoms with Crippen LogP contribution in [0.5, 0.6) is 0 Å². The first-order valence-corrected chi connectivity index (χ1v) is 5.76. The highest BCUT2D eigenvalue weighted by molar-refractivity contribution is 5.81. The molecule has 0 fully saturated rings. The van der Waals surface area contributed by atoms with Crippen molar-refractivity contribution in [1.82, 2.24) is 5.32 Å². The molecular weight excluding hydrogens is 188 g/mol. The Morgan fingerprint density at radius 3 is 2.40 bits per heavy atom. The summed E-state index contributed by atoms with van der Waals surface area (Å²) < 4.78 is 0. The van der Waals surface area contributed by atoms with E-state index < -0.39 is 5.92 Å². The molecule has 0 bridgehead atoms. The van der Waals surface area contributed by atoms with Crippen LogP contribution in [-0.4, -0.2) is 11.9 Å². The van der Waals surface area contributed by atoms with Crippen LogP contribution in [0.2, 0.25) is 0 Å². The van der Waals surface area contributed by atoms with E-state index in [0.29, 0.717) is 12.3 Å². The lowest BCUT2D eigenvalue weighted by Gasteiger charge is -2.21. The summed E-state index contributed by atoms with van der Waals surface area (Å²) in [6, 6.07) is 2.20. The largest absolute Gasteiger partial charge is 0.352 e. The molecule has 3 heteroatoms. The minimum Gasteiger partial charge on any atom is -0.352 e. The Morgan fingerprint density at radius 1 is 1.40 bits per heavy atom. The van der Waals surface area contributed by atoms with Crippen molar-refractivity contribution >= 4 is 5.91 Å². The summed E-state index contributed by atoms with van der Waals surface area (Å²) in [7, 11) is 0. The molecule has 1 amide bonds. The van der Waals surface area contributed by atoms with Crippen LogP contribution in [-0.2, 0) is 4.79 Å². The zero-order valence-electron chi connectivity index (χ0n) is 10.2. The second-order valence-electron chi connectivity index (χ2n) is 4.15. The molecule has 0 heterocycles. The molecule has 1 N–H and O–H groups in total. The van der Waals surface area contributed by atoms with E-state index >= 15 is 0 Å². The van der Waals surface area contributed by atoms with Gasteiger partial charge in [-0.1, -0.05) is 33.6 Å². The molecule has 0 aliphatic heterocycles. The first-order valence-electron chi connectivity index (χ1n) is 5.76. The van der Waals surface area contributed by atoms with E-state index in [0.717, 1.165) is 12.8 Å². The molecule has 0 aliphatic rings. The molecule has 0 saturated carbocycles. The molecule has 3 unspecified atom stereocenters. The van der Waals surface area contributed by atoms with Gasteiger partial charge >= 0.3 is 0 Å². The van der Waals surface area contributed by atoms with Crippen molar-refractivity contribution < 1.29 is 4.79 Å². The maximum Gasteiger partial charge on any atom is 0.237 e. The smallest absolute Gasteiger partial charge is 0.237 e. The van der Waals surface area contributed by atoms with Crippen molar-refractivity contribution in [3.8, 4) is 6.07 Å². The van der Waals surface area contributed by atoms with Gasteiger partial charge in [-0.25, -0.2) is 0 Å². The van der Waals surface area contributed by atoms with Crippen LogP contribution in [0.1, 0.15) is 47.0 Å². The summed E-state index contributed by atoms with van der Waals surface area (Å²) in [4.78, 5) is 11.7. The van der Waals surface area contributed by atoms with Crippen LogP contribution in [0.25, 0.3) is 0 Å². The summed E-state index contributed by atoms with van der Waals surface area (Å²) in [5.41, 5.74) is 0. The van der Waals surface area contributed by atoms with E-state index in [-0.39, 0.29) is 11.9 Å². The second kappa shape index (κ2) is 7.28. The fourth-order valence-corrected chi connectivity index (χ4v) is 1.36. The number of carbonyl (C=O) groups excluding carboxylic acids is 1. The number of nitriles is 1. The molecule has 86 valence electrons.